The summed E-state index contributed by atoms with van der Waals surface area (Å²) in [5, 5.41) is 3.31. The van der Waals surface area contributed by atoms with Gasteiger partial charge in [0.25, 0.3) is 0 Å². The van der Waals surface area contributed by atoms with Gasteiger partial charge in [0.05, 0.1) is 10.7 Å². The van der Waals surface area contributed by atoms with Crippen molar-refractivity contribution in [1.29, 1.82) is 0 Å². The van der Waals surface area contributed by atoms with Gasteiger partial charge in [-0.15, -0.1) is 12.4 Å². The molecule has 1 fully saturated rings. The highest BCUT2D eigenvalue weighted by Crippen LogP contribution is 2.28. The third kappa shape index (κ3) is 4.36. The lowest BCUT2D eigenvalue weighted by atomic mass is 10.0. The smallest absolute Gasteiger partial charge is 0.249 e. The molecule has 0 bridgehead atoms. The molecule has 2 atom stereocenters. The summed E-state index contributed by atoms with van der Waals surface area (Å²) in [6.07, 6.45) is 1.37. The summed E-state index contributed by atoms with van der Waals surface area (Å²) in [6.45, 7) is 0.583. The van der Waals surface area contributed by atoms with Gasteiger partial charge in [-0.3, -0.25) is 9.59 Å². The van der Waals surface area contributed by atoms with Gasteiger partial charge in [-0.2, -0.15) is 0 Å². The number of carbonyl (C=O) groups is 2. The van der Waals surface area contributed by atoms with Crippen molar-refractivity contribution in [1.82, 2.24) is 5.32 Å². The molecular formula is C19H21Cl2N3O2. The number of halogens is 2. The van der Waals surface area contributed by atoms with Crippen LogP contribution in [0.15, 0.2) is 54.6 Å². The Morgan fingerprint density at radius 2 is 1.81 bits per heavy atom. The molecule has 0 aliphatic carbocycles. The van der Waals surface area contributed by atoms with Crippen LogP contribution >= 0.6 is 24.0 Å². The van der Waals surface area contributed by atoms with E-state index in [-0.39, 0.29) is 24.2 Å². The molecule has 26 heavy (non-hydrogen) atoms. The molecule has 5 nitrogen and oxygen atoms in total. The molecule has 2 amide bonds. The largest absolute Gasteiger partial charge is 0.343 e. The van der Waals surface area contributed by atoms with Crippen molar-refractivity contribution in [3.05, 3.63) is 65.2 Å². The Kier molecular flexibility index (Phi) is 7.03. The monoisotopic (exact) mass is 393 g/mol. The van der Waals surface area contributed by atoms with E-state index in [0.29, 0.717) is 29.2 Å². The maximum Gasteiger partial charge on any atom is 0.249 e. The Morgan fingerprint density at radius 1 is 1.15 bits per heavy atom. The molecule has 0 saturated carbocycles. The minimum absolute atomic E-state index is 0. The van der Waals surface area contributed by atoms with Crippen LogP contribution in [0.4, 0.5) is 5.69 Å². The number of nitrogens with zero attached hydrogens (tertiary/aromatic N) is 1. The number of rotatable bonds is 4. The molecular weight excluding hydrogens is 373 g/mol. The van der Waals surface area contributed by atoms with Crippen LogP contribution in [0.3, 0.4) is 0 Å². The van der Waals surface area contributed by atoms with Crippen LogP contribution in [0.25, 0.3) is 0 Å². The molecule has 0 radical (unpaired) electrons. The number of hydrogen-bond donors (Lipinski definition) is 2. The molecule has 138 valence electrons. The highest BCUT2D eigenvalue weighted by atomic mass is 35.5. The Balaban J connectivity index is 0.00000243. The van der Waals surface area contributed by atoms with Crippen LogP contribution in [0.2, 0.25) is 5.02 Å². The number of hydrogen-bond acceptors (Lipinski definition) is 3. The average molecular weight is 394 g/mol. The van der Waals surface area contributed by atoms with Gasteiger partial charge < -0.3 is 16.0 Å². The zero-order valence-corrected chi connectivity index (χ0v) is 15.7. The molecule has 7 heteroatoms. The summed E-state index contributed by atoms with van der Waals surface area (Å²) in [7, 11) is 0. The third-order valence-corrected chi connectivity index (χ3v) is 4.66. The van der Waals surface area contributed by atoms with Crippen LogP contribution in [-0.2, 0) is 9.59 Å². The first kappa shape index (κ1) is 20.2. The fourth-order valence-corrected chi connectivity index (χ4v) is 3.23. The number of anilines is 1. The third-order valence-electron chi connectivity index (χ3n) is 4.34. The van der Waals surface area contributed by atoms with Crippen molar-refractivity contribution in [3.63, 3.8) is 0 Å². The number of nitrogens with one attached hydrogen (secondary N) is 1. The van der Waals surface area contributed by atoms with E-state index in [1.54, 1.807) is 29.2 Å². The molecule has 2 aromatic rings. The fraction of sp³-hybridized carbons (Fsp3) is 0.263. The maximum absolute atomic E-state index is 12.8. The second kappa shape index (κ2) is 9.03. The van der Waals surface area contributed by atoms with Crippen molar-refractivity contribution < 1.29 is 9.59 Å². The van der Waals surface area contributed by atoms with Gasteiger partial charge >= 0.3 is 0 Å². The molecule has 0 aromatic heterocycles. The highest BCUT2D eigenvalue weighted by molar-refractivity contribution is 6.33. The predicted molar refractivity (Wildman–Crippen MR) is 106 cm³/mol. The normalized spacial score (nSPS) is 18.0. The Morgan fingerprint density at radius 3 is 2.50 bits per heavy atom. The Bertz CT molecular complexity index is 770. The van der Waals surface area contributed by atoms with Crippen LogP contribution in [0.1, 0.15) is 24.4 Å². The topological polar surface area (TPSA) is 75.4 Å². The summed E-state index contributed by atoms with van der Waals surface area (Å²) in [5.41, 5.74) is 7.39. The quantitative estimate of drug-likeness (QED) is 0.837. The van der Waals surface area contributed by atoms with Gasteiger partial charge in [0.2, 0.25) is 11.8 Å². The molecule has 1 heterocycles. The lowest BCUT2D eigenvalue weighted by Gasteiger charge is -2.33. The molecule has 2 aromatic carbocycles. The van der Waals surface area contributed by atoms with Gasteiger partial charge in [-0.25, -0.2) is 0 Å². The van der Waals surface area contributed by atoms with Crippen molar-refractivity contribution in [3.8, 4) is 0 Å². The van der Waals surface area contributed by atoms with Crippen LogP contribution in [-0.4, -0.2) is 24.4 Å². The van der Waals surface area contributed by atoms with E-state index >= 15 is 0 Å². The molecule has 3 N–H and O–H groups in total. The van der Waals surface area contributed by atoms with Gasteiger partial charge in [-0.1, -0.05) is 54.1 Å². The van der Waals surface area contributed by atoms with Crippen molar-refractivity contribution >= 4 is 41.5 Å². The van der Waals surface area contributed by atoms with E-state index in [1.807, 2.05) is 30.3 Å². The summed E-state index contributed by atoms with van der Waals surface area (Å²) in [6, 6.07) is 14.9. The highest BCUT2D eigenvalue weighted by Gasteiger charge is 2.32. The molecule has 1 aliphatic heterocycles. The lowest BCUT2D eigenvalue weighted by molar-refractivity contribution is -0.129. The number of amides is 2. The number of carbonyl (C=O) groups excluding carboxylic acids is 2. The van der Waals surface area contributed by atoms with Gasteiger partial charge in [0, 0.05) is 6.54 Å². The van der Waals surface area contributed by atoms with Gasteiger partial charge in [0.1, 0.15) is 12.1 Å². The lowest BCUT2D eigenvalue weighted by Crippen LogP contribution is -2.54. The number of piperidine rings is 1. The number of benzene rings is 2. The fourth-order valence-electron chi connectivity index (χ4n) is 2.99. The van der Waals surface area contributed by atoms with E-state index in [9.17, 15) is 9.59 Å². The first-order chi connectivity index (χ1) is 12.1. The van der Waals surface area contributed by atoms with Crippen LogP contribution in [0, 0.1) is 0 Å². The SMILES string of the molecule is Cl.NC(C(=O)NC1CCCN(c2ccccc2Cl)C1=O)c1ccccc1. The predicted octanol–water partition coefficient (Wildman–Crippen LogP) is 3.07. The van der Waals surface area contributed by atoms with Crippen molar-refractivity contribution in [2.45, 2.75) is 24.9 Å². The molecule has 1 aliphatic rings. The first-order valence-electron chi connectivity index (χ1n) is 8.24. The molecule has 0 spiro atoms. The molecule has 1 saturated heterocycles. The van der Waals surface area contributed by atoms with Crippen LogP contribution in [0.5, 0.6) is 0 Å². The maximum atomic E-state index is 12.8. The number of para-hydroxylation sites is 1. The van der Waals surface area contributed by atoms with E-state index in [2.05, 4.69) is 5.32 Å². The Labute approximate surface area is 163 Å². The van der Waals surface area contributed by atoms with E-state index in [4.69, 9.17) is 17.3 Å². The summed E-state index contributed by atoms with van der Waals surface area (Å²) in [5.74, 6) is -0.515. The Hall–Kier alpha value is -2.08. The van der Waals surface area contributed by atoms with E-state index < -0.39 is 12.1 Å². The minimum atomic E-state index is -0.801. The average Bonchev–Trinajstić information content (AvgIpc) is 2.64. The van der Waals surface area contributed by atoms with Crippen molar-refractivity contribution in [2.24, 2.45) is 5.73 Å². The van der Waals surface area contributed by atoms with E-state index in [0.717, 1.165) is 6.42 Å². The summed E-state index contributed by atoms with van der Waals surface area (Å²) in [4.78, 5) is 26.8. The van der Waals surface area contributed by atoms with Crippen LogP contribution < -0.4 is 16.0 Å². The van der Waals surface area contributed by atoms with E-state index in [1.165, 1.54) is 0 Å². The van der Waals surface area contributed by atoms with Crippen molar-refractivity contribution in [2.75, 3.05) is 11.4 Å². The zero-order chi connectivity index (χ0) is 17.8. The molecule has 2 unspecified atom stereocenters. The van der Waals surface area contributed by atoms with Gasteiger partial charge in [0.15, 0.2) is 0 Å². The first-order valence-corrected chi connectivity index (χ1v) is 8.62. The number of nitrogens with two attached hydrogens (primary N) is 1. The summed E-state index contributed by atoms with van der Waals surface area (Å²) < 4.78 is 0. The second-order valence-electron chi connectivity index (χ2n) is 6.03. The standard InChI is InChI=1S/C19H20ClN3O2.ClH/c20-14-9-4-5-11-16(14)23-12-6-10-15(19(23)25)22-18(24)17(21)13-7-2-1-3-8-13;/h1-5,7-9,11,15,17H,6,10,12,21H2,(H,22,24);1H. The second-order valence-corrected chi connectivity index (χ2v) is 6.44. The summed E-state index contributed by atoms with van der Waals surface area (Å²) >= 11 is 6.21. The zero-order valence-electron chi connectivity index (χ0n) is 14.1. The minimum Gasteiger partial charge on any atom is -0.343 e. The van der Waals surface area contributed by atoms with Gasteiger partial charge in [-0.05, 0) is 30.5 Å². The molecule has 3 rings (SSSR count).